The Kier molecular flexibility index (Phi) is 2.59. The van der Waals surface area contributed by atoms with Gasteiger partial charge in [-0.15, -0.1) is 5.10 Å². The standard InChI is InChI=1S/C13H10N4O2S/c18-12-7-11(9-3-1-2-4-10(9)19-12)20-13-14-15-16-17(13)8-5-6-8/h1-4,7-8H,5-6H2. The Morgan fingerprint density at radius 3 is 3.00 bits per heavy atom. The molecule has 3 aromatic rings. The molecule has 0 aliphatic heterocycles. The third kappa shape index (κ3) is 2.00. The zero-order valence-corrected chi connectivity index (χ0v) is 11.2. The summed E-state index contributed by atoms with van der Waals surface area (Å²) in [5.74, 6) is 0. The molecule has 0 amide bonds. The van der Waals surface area contributed by atoms with Crippen LogP contribution in [0.2, 0.25) is 0 Å². The predicted octanol–water partition coefficient (Wildman–Crippen LogP) is 2.27. The van der Waals surface area contributed by atoms with Gasteiger partial charge in [0.15, 0.2) is 0 Å². The minimum atomic E-state index is -0.364. The van der Waals surface area contributed by atoms with E-state index in [1.54, 1.807) is 6.07 Å². The largest absolute Gasteiger partial charge is 0.423 e. The topological polar surface area (TPSA) is 73.8 Å². The van der Waals surface area contributed by atoms with Crippen molar-refractivity contribution in [2.24, 2.45) is 0 Å². The van der Waals surface area contributed by atoms with E-state index in [9.17, 15) is 4.79 Å². The van der Waals surface area contributed by atoms with Gasteiger partial charge in [0.05, 0.1) is 6.04 Å². The zero-order valence-electron chi connectivity index (χ0n) is 10.4. The van der Waals surface area contributed by atoms with Crippen LogP contribution in [0.4, 0.5) is 0 Å². The SMILES string of the molecule is O=c1cc(Sc2nnnn2C2CC2)c2ccccc2o1. The summed E-state index contributed by atoms with van der Waals surface area (Å²) in [6.07, 6.45) is 2.21. The highest BCUT2D eigenvalue weighted by Gasteiger charge is 2.28. The number of para-hydroxylation sites is 1. The van der Waals surface area contributed by atoms with Crippen LogP contribution in [0.15, 0.2) is 49.6 Å². The first-order valence-corrected chi connectivity index (χ1v) is 7.11. The van der Waals surface area contributed by atoms with Crippen LogP contribution < -0.4 is 5.63 Å². The number of rotatable bonds is 3. The molecule has 6 nitrogen and oxygen atoms in total. The van der Waals surface area contributed by atoms with Crippen molar-refractivity contribution < 1.29 is 4.42 Å². The van der Waals surface area contributed by atoms with E-state index < -0.39 is 0 Å². The highest BCUT2D eigenvalue weighted by atomic mass is 32.2. The molecule has 1 aliphatic rings. The Balaban J connectivity index is 1.82. The summed E-state index contributed by atoms with van der Waals surface area (Å²) < 4.78 is 7.01. The molecule has 0 bridgehead atoms. The Morgan fingerprint density at radius 1 is 1.30 bits per heavy atom. The predicted molar refractivity (Wildman–Crippen MR) is 72.7 cm³/mol. The van der Waals surface area contributed by atoms with Crippen LogP contribution in [-0.2, 0) is 0 Å². The van der Waals surface area contributed by atoms with Gasteiger partial charge in [-0.2, -0.15) is 0 Å². The second kappa shape index (κ2) is 4.45. The minimum Gasteiger partial charge on any atom is -0.423 e. The van der Waals surface area contributed by atoms with Crippen LogP contribution in [0.1, 0.15) is 18.9 Å². The average Bonchev–Trinajstić information content (AvgIpc) is 3.19. The van der Waals surface area contributed by atoms with Crippen LogP contribution in [-0.4, -0.2) is 20.2 Å². The monoisotopic (exact) mass is 286 g/mol. The second-order valence-electron chi connectivity index (χ2n) is 4.67. The molecule has 7 heteroatoms. The third-order valence-electron chi connectivity index (χ3n) is 3.17. The van der Waals surface area contributed by atoms with Crippen LogP contribution in [0, 0.1) is 0 Å². The number of nitrogens with zero attached hydrogens (tertiary/aromatic N) is 4. The lowest BCUT2D eigenvalue weighted by atomic mass is 10.2. The van der Waals surface area contributed by atoms with Crippen LogP contribution in [0.3, 0.4) is 0 Å². The van der Waals surface area contributed by atoms with E-state index in [0.717, 1.165) is 23.1 Å². The molecule has 2 aromatic heterocycles. The van der Waals surface area contributed by atoms with Crippen LogP contribution in [0.25, 0.3) is 11.0 Å². The summed E-state index contributed by atoms with van der Waals surface area (Å²) in [5.41, 5.74) is 0.213. The Bertz CT molecular complexity index is 838. The Hall–Kier alpha value is -2.15. The number of fused-ring (bicyclic) bond motifs is 1. The molecule has 100 valence electrons. The number of aromatic nitrogens is 4. The number of benzene rings is 1. The average molecular weight is 286 g/mol. The number of tetrazole rings is 1. The van der Waals surface area contributed by atoms with Crippen molar-refractivity contribution in [2.45, 2.75) is 28.9 Å². The maximum atomic E-state index is 11.6. The maximum absolute atomic E-state index is 11.6. The van der Waals surface area contributed by atoms with Crippen molar-refractivity contribution in [3.05, 3.63) is 40.8 Å². The van der Waals surface area contributed by atoms with E-state index >= 15 is 0 Å². The molecule has 20 heavy (non-hydrogen) atoms. The van der Waals surface area contributed by atoms with E-state index in [0.29, 0.717) is 16.8 Å². The van der Waals surface area contributed by atoms with Gasteiger partial charge in [-0.3, -0.25) is 0 Å². The smallest absolute Gasteiger partial charge is 0.337 e. The molecule has 0 radical (unpaired) electrons. The first kappa shape index (κ1) is 11.7. The summed E-state index contributed by atoms with van der Waals surface area (Å²) in [7, 11) is 0. The van der Waals surface area contributed by atoms with Crippen molar-refractivity contribution in [3.8, 4) is 0 Å². The summed E-state index contributed by atoms with van der Waals surface area (Å²) in [4.78, 5) is 12.4. The van der Waals surface area contributed by atoms with Crippen molar-refractivity contribution in [1.82, 2.24) is 20.2 Å². The third-order valence-corrected chi connectivity index (χ3v) is 4.18. The van der Waals surface area contributed by atoms with Crippen molar-refractivity contribution in [1.29, 1.82) is 0 Å². The van der Waals surface area contributed by atoms with Gasteiger partial charge in [0.2, 0.25) is 5.16 Å². The maximum Gasteiger partial charge on any atom is 0.337 e. The van der Waals surface area contributed by atoms with Crippen LogP contribution in [0.5, 0.6) is 0 Å². The normalized spacial score (nSPS) is 14.8. The Labute approximate surface area is 117 Å². The molecule has 1 saturated carbocycles. The lowest BCUT2D eigenvalue weighted by Gasteiger charge is -2.04. The summed E-state index contributed by atoms with van der Waals surface area (Å²) in [6, 6.07) is 9.35. The molecule has 2 heterocycles. The molecule has 0 unspecified atom stereocenters. The fraction of sp³-hybridized carbons (Fsp3) is 0.231. The minimum absolute atomic E-state index is 0.364. The molecular formula is C13H10N4O2S. The second-order valence-corrected chi connectivity index (χ2v) is 5.67. The van der Waals surface area contributed by atoms with Crippen LogP contribution >= 0.6 is 11.8 Å². The number of hydrogen-bond acceptors (Lipinski definition) is 6. The van der Waals surface area contributed by atoms with Gasteiger partial charge in [0.25, 0.3) is 0 Å². The van der Waals surface area contributed by atoms with E-state index in [2.05, 4.69) is 15.5 Å². The van der Waals surface area contributed by atoms with Gasteiger partial charge in [-0.25, -0.2) is 9.48 Å². The first-order valence-electron chi connectivity index (χ1n) is 6.30. The molecule has 0 saturated heterocycles. The highest BCUT2D eigenvalue weighted by molar-refractivity contribution is 7.99. The zero-order chi connectivity index (χ0) is 13.5. The molecule has 1 aliphatic carbocycles. The highest BCUT2D eigenvalue weighted by Crippen LogP contribution is 2.38. The Morgan fingerprint density at radius 2 is 2.15 bits per heavy atom. The van der Waals surface area contributed by atoms with Gasteiger partial charge < -0.3 is 4.42 Å². The molecule has 4 rings (SSSR count). The molecule has 1 fully saturated rings. The molecule has 1 aromatic carbocycles. The fourth-order valence-electron chi connectivity index (χ4n) is 2.07. The fourth-order valence-corrected chi connectivity index (χ4v) is 3.05. The first-order chi connectivity index (χ1) is 9.81. The van der Waals surface area contributed by atoms with E-state index in [4.69, 9.17) is 4.42 Å². The van der Waals surface area contributed by atoms with E-state index in [-0.39, 0.29) is 5.63 Å². The molecular weight excluding hydrogens is 276 g/mol. The quantitative estimate of drug-likeness (QED) is 0.688. The summed E-state index contributed by atoms with van der Waals surface area (Å²) in [6.45, 7) is 0. The van der Waals surface area contributed by atoms with Crippen molar-refractivity contribution in [2.75, 3.05) is 0 Å². The lowest BCUT2D eigenvalue weighted by Crippen LogP contribution is -2.00. The molecule has 0 N–H and O–H groups in total. The summed E-state index contributed by atoms with van der Waals surface area (Å²) in [5, 5.41) is 13.4. The number of hydrogen-bond donors (Lipinski definition) is 0. The van der Waals surface area contributed by atoms with Gasteiger partial charge in [-0.05, 0) is 41.1 Å². The van der Waals surface area contributed by atoms with Gasteiger partial charge in [0, 0.05) is 16.3 Å². The van der Waals surface area contributed by atoms with Crippen molar-refractivity contribution >= 4 is 22.7 Å². The van der Waals surface area contributed by atoms with E-state index in [1.807, 2.05) is 22.9 Å². The van der Waals surface area contributed by atoms with Crippen molar-refractivity contribution in [3.63, 3.8) is 0 Å². The summed E-state index contributed by atoms with van der Waals surface area (Å²) >= 11 is 1.40. The molecule has 0 spiro atoms. The molecule has 0 atom stereocenters. The van der Waals surface area contributed by atoms with Gasteiger partial charge in [-0.1, -0.05) is 18.2 Å². The van der Waals surface area contributed by atoms with Gasteiger partial charge >= 0.3 is 5.63 Å². The van der Waals surface area contributed by atoms with Gasteiger partial charge in [0.1, 0.15) is 5.58 Å². The van der Waals surface area contributed by atoms with E-state index in [1.165, 1.54) is 17.8 Å². The lowest BCUT2D eigenvalue weighted by molar-refractivity contribution is 0.556.